The zero-order valence-corrected chi connectivity index (χ0v) is 14.5. The second kappa shape index (κ2) is 6.81. The summed E-state index contributed by atoms with van der Waals surface area (Å²) in [7, 11) is 1.65. The first kappa shape index (κ1) is 16.8. The molecule has 5 nitrogen and oxygen atoms in total. The number of nitrogens with one attached hydrogen (secondary N) is 1. The number of hydrogen-bond acceptors (Lipinski definition) is 4. The monoisotopic (exact) mass is 336 g/mol. The van der Waals surface area contributed by atoms with Crippen LogP contribution in [0.2, 0.25) is 0 Å². The van der Waals surface area contributed by atoms with Gasteiger partial charge in [0.15, 0.2) is 0 Å². The molecule has 1 heterocycles. The van der Waals surface area contributed by atoms with E-state index in [1.165, 1.54) is 0 Å². The topological polar surface area (TPSA) is 71.5 Å². The predicted octanol–water partition coefficient (Wildman–Crippen LogP) is 4.17. The Kier molecular flexibility index (Phi) is 4.57. The minimum Gasteiger partial charge on any atom is -0.497 e. The van der Waals surface area contributed by atoms with Crippen molar-refractivity contribution >= 4 is 22.7 Å². The second-order valence-corrected chi connectivity index (χ2v) is 5.95. The number of rotatable bonds is 5. The summed E-state index contributed by atoms with van der Waals surface area (Å²) in [5.74, 6) is 0.707. The zero-order valence-electron chi connectivity index (χ0n) is 14.5. The Morgan fingerprint density at radius 1 is 1.12 bits per heavy atom. The molecule has 0 atom stereocenters. The Morgan fingerprint density at radius 3 is 2.48 bits per heavy atom. The molecule has 0 radical (unpaired) electrons. The number of aromatic carboxylic acids is 1. The molecule has 0 fully saturated rings. The van der Waals surface area contributed by atoms with E-state index in [1.807, 2.05) is 38.1 Å². The molecule has 0 aliphatic rings. The van der Waals surface area contributed by atoms with Gasteiger partial charge in [0, 0.05) is 11.9 Å². The van der Waals surface area contributed by atoms with Crippen molar-refractivity contribution in [2.24, 2.45) is 0 Å². The summed E-state index contributed by atoms with van der Waals surface area (Å²) in [6.45, 7) is 4.63. The Labute approximate surface area is 146 Å². The zero-order chi connectivity index (χ0) is 18.0. The Bertz CT molecular complexity index is 934. The quantitative estimate of drug-likeness (QED) is 0.731. The molecule has 0 unspecified atom stereocenters. The number of ether oxygens (including phenoxy) is 1. The fourth-order valence-corrected chi connectivity index (χ4v) is 2.75. The van der Waals surface area contributed by atoms with Gasteiger partial charge in [0.1, 0.15) is 11.6 Å². The molecule has 3 rings (SSSR count). The van der Waals surface area contributed by atoms with Gasteiger partial charge in [0.05, 0.1) is 18.2 Å². The number of aromatic nitrogens is 1. The van der Waals surface area contributed by atoms with Crippen LogP contribution in [-0.2, 0) is 6.54 Å². The number of pyridine rings is 1. The number of nitrogens with zero attached hydrogens (tertiary/aromatic N) is 1. The first-order valence-corrected chi connectivity index (χ1v) is 8.00. The minimum atomic E-state index is -0.930. The van der Waals surface area contributed by atoms with Gasteiger partial charge in [-0.05, 0) is 60.9 Å². The number of methoxy groups -OCH3 is 1. The van der Waals surface area contributed by atoms with Crippen LogP contribution in [0.25, 0.3) is 10.9 Å². The summed E-state index contributed by atoms with van der Waals surface area (Å²) in [6.07, 6.45) is 0. The third-order valence-corrected chi connectivity index (χ3v) is 4.42. The van der Waals surface area contributed by atoms with Crippen molar-refractivity contribution in [2.75, 3.05) is 12.4 Å². The van der Waals surface area contributed by atoms with Crippen molar-refractivity contribution < 1.29 is 14.6 Å². The van der Waals surface area contributed by atoms with E-state index in [4.69, 9.17) is 9.84 Å². The number of aryl methyl sites for hydroxylation is 1. The van der Waals surface area contributed by atoms with E-state index in [1.54, 1.807) is 25.3 Å². The molecule has 2 N–H and O–H groups in total. The highest BCUT2D eigenvalue weighted by Gasteiger charge is 2.11. The number of fused-ring (bicyclic) bond motifs is 1. The summed E-state index contributed by atoms with van der Waals surface area (Å²) < 4.78 is 5.17. The van der Waals surface area contributed by atoms with E-state index in [2.05, 4.69) is 10.3 Å². The van der Waals surface area contributed by atoms with Crippen LogP contribution in [0.15, 0.2) is 42.5 Å². The van der Waals surface area contributed by atoms with E-state index in [-0.39, 0.29) is 5.56 Å². The Balaban J connectivity index is 1.89. The van der Waals surface area contributed by atoms with E-state index >= 15 is 0 Å². The maximum Gasteiger partial charge on any atom is 0.335 e. The number of carbonyl (C=O) groups is 1. The molecule has 3 aromatic rings. The molecule has 0 saturated heterocycles. The van der Waals surface area contributed by atoms with Gasteiger partial charge in [0.2, 0.25) is 0 Å². The summed E-state index contributed by atoms with van der Waals surface area (Å²) in [5, 5.41) is 13.4. The lowest BCUT2D eigenvalue weighted by Crippen LogP contribution is -2.05. The van der Waals surface area contributed by atoms with E-state index in [0.29, 0.717) is 6.54 Å². The van der Waals surface area contributed by atoms with Crippen LogP contribution in [0, 0.1) is 13.8 Å². The van der Waals surface area contributed by atoms with Crippen molar-refractivity contribution in [1.82, 2.24) is 4.98 Å². The molecule has 0 amide bonds. The highest BCUT2D eigenvalue weighted by molar-refractivity contribution is 5.95. The Morgan fingerprint density at radius 2 is 1.84 bits per heavy atom. The number of benzene rings is 2. The lowest BCUT2D eigenvalue weighted by atomic mass is 10.0. The van der Waals surface area contributed by atoms with Crippen molar-refractivity contribution in [1.29, 1.82) is 0 Å². The highest BCUT2D eigenvalue weighted by atomic mass is 16.5. The van der Waals surface area contributed by atoms with E-state index in [9.17, 15) is 4.79 Å². The van der Waals surface area contributed by atoms with Gasteiger partial charge in [-0.15, -0.1) is 0 Å². The summed E-state index contributed by atoms with van der Waals surface area (Å²) in [4.78, 5) is 15.8. The lowest BCUT2D eigenvalue weighted by molar-refractivity contribution is 0.0697. The van der Waals surface area contributed by atoms with Gasteiger partial charge in [-0.1, -0.05) is 12.1 Å². The molecular formula is C20H20N2O3. The highest BCUT2D eigenvalue weighted by Crippen LogP contribution is 2.26. The van der Waals surface area contributed by atoms with Crippen molar-refractivity contribution in [3.05, 3.63) is 64.7 Å². The SMILES string of the molecule is COc1ccc(CNc2nc3ccc(C(=O)O)cc3c(C)c2C)cc1. The van der Waals surface area contributed by atoms with E-state index in [0.717, 1.165) is 39.2 Å². The van der Waals surface area contributed by atoms with Crippen LogP contribution < -0.4 is 10.1 Å². The molecule has 128 valence electrons. The van der Waals surface area contributed by atoms with E-state index < -0.39 is 5.97 Å². The maximum atomic E-state index is 11.2. The number of carboxylic acids is 1. The van der Waals surface area contributed by atoms with Gasteiger partial charge in [-0.3, -0.25) is 0 Å². The predicted molar refractivity (Wildman–Crippen MR) is 98.5 cm³/mol. The molecule has 0 saturated carbocycles. The van der Waals surface area contributed by atoms with Crippen molar-refractivity contribution in [3.8, 4) is 5.75 Å². The molecular weight excluding hydrogens is 316 g/mol. The van der Waals surface area contributed by atoms with Crippen LogP contribution >= 0.6 is 0 Å². The number of carboxylic acid groups (broad SMARTS) is 1. The van der Waals surface area contributed by atoms with Crippen LogP contribution in [0.1, 0.15) is 27.0 Å². The van der Waals surface area contributed by atoms with Gasteiger partial charge in [-0.25, -0.2) is 9.78 Å². The van der Waals surface area contributed by atoms with Gasteiger partial charge in [0.25, 0.3) is 0 Å². The molecule has 5 heteroatoms. The Hall–Kier alpha value is -3.08. The lowest BCUT2D eigenvalue weighted by Gasteiger charge is -2.14. The molecule has 0 aliphatic carbocycles. The van der Waals surface area contributed by atoms with Crippen LogP contribution in [0.5, 0.6) is 5.75 Å². The number of hydrogen-bond donors (Lipinski definition) is 2. The summed E-state index contributed by atoms with van der Waals surface area (Å²) in [5.41, 5.74) is 4.23. The molecule has 2 aromatic carbocycles. The third-order valence-electron chi connectivity index (χ3n) is 4.42. The van der Waals surface area contributed by atoms with Gasteiger partial charge in [-0.2, -0.15) is 0 Å². The van der Waals surface area contributed by atoms with Crippen molar-refractivity contribution in [3.63, 3.8) is 0 Å². The fraction of sp³-hybridized carbons (Fsp3) is 0.200. The van der Waals surface area contributed by atoms with Crippen LogP contribution in [0.3, 0.4) is 0 Å². The largest absolute Gasteiger partial charge is 0.497 e. The summed E-state index contributed by atoms with van der Waals surface area (Å²) >= 11 is 0. The number of anilines is 1. The van der Waals surface area contributed by atoms with Gasteiger partial charge >= 0.3 is 5.97 Å². The smallest absolute Gasteiger partial charge is 0.335 e. The molecule has 0 spiro atoms. The molecule has 25 heavy (non-hydrogen) atoms. The minimum absolute atomic E-state index is 0.274. The average molecular weight is 336 g/mol. The first-order valence-electron chi connectivity index (χ1n) is 8.00. The summed E-state index contributed by atoms with van der Waals surface area (Å²) in [6, 6.07) is 12.9. The van der Waals surface area contributed by atoms with Crippen LogP contribution in [0.4, 0.5) is 5.82 Å². The van der Waals surface area contributed by atoms with Crippen LogP contribution in [-0.4, -0.2) is 23.2 Å². The third kappa shape index (κ3) is 3.40. The standard InChI is InChI=1S/C20H20N2O3/c1-12-13(2)19(21-11-14-4-7-16(25-3)8-5-14)22-18-9-6-15(20(23)24)10-17(12)18/h4-10H,11H2,1-3H3,(H,21,22)(H,23,24). The molecule has 1 aromatic heterocycles. The maximum absolute atomic E-state index is 11.2. The normalized spacial score (nSPS) is 10.7. The molecule has 0 bridgehead atoms. The average Bonchev–Trinajstić information content (AvgIpc) is 2.63. The second-order valence-electron chi connectivity index (χ2n) is 5.95. The molecule has 0 aliphatic heterocycles. The van der Waals surface area contributed by atoms with Crippen molar-refractivity contribution in [2.45, 2.75) is 20.4 Å². The van der Waals surface area contributed by atoms with Gasteiger partial charge < -0.3 is 15.2 Å². The fourth-order valence-electron chi connectivity index (χ4n) is 2.75. The first-order chi connectivity index (χ1) is 12.0.